The fourth-order valence-electron chi connectivity index (χ4n) is 1.21. The van der Waals surface area contributed by atoms with E-state index >= 15 is 0 Å². The summed E-state index contributed by atoms with van der Waals surface area (Å²) in [6, 6.07) is 11.5. The molecular formula is C15H15N3O. The van der Waals surface area contributed by atoms with Crippen LogP contribution in [0.2, 0.25) is 0 Å². The third kappa shape index (κ3) is 5.46. The average molecular weight is 253 g/mol. The fourth-order valence-corrected chi connectivity index (χ4v) is 1.21. The molecule has 4 nitrogen and oxygen atoms in total. The van der Waals surface area contributed by atoms with Crippen LogP contribution < -0.4 is 0 Å². The number of rotatable bonds is 4. The molecule has 19 heavy (non-hydrogen) atoms. The number of amides is 1. The summed E-state index contributed by atoms with van der Waals surface area (Å²) in [6.45, 7) is 0. The van der Waals surface area contributed by atoms with Crippen molar-refractivity contribution in [2.24, 2.45) is 4.99 Å². The smallest absolute Gasteiger partial charge is 0.289 e. The van der Waals surface area contributed by atoms with E-state index in [1.54, 1.807) is 25.1 Å². The standard InChI is InChI=1S/C15H15N3O/c1-18(2)12-17-15(19)14(11-16)10-6-9-13-7-4-3-5-8-13/h3-10,12H,1-2H3/b9-6+,14-10-,17-12?. The Labute approximate surface area is 113 Å². The number of hydrogen-bond acceptors (Lipinski definition) is 2. The van der Waals surface area contributed by atoms with Crippen molar-refractivity contribution in [1.82, 2.24) is 4.90 Å². The van der Waals surface area contributed by atoms with Gasteiger partial charge in [-0.15, -0.1) is 0 Å². The highest BCUT2D eigenvalue weighted by atomic mass is 16.1. The molecule has 1 aromatic carbocycles. The molecule has 1 rings (SSSR count). The monoisotopic (exact) mass is 253 g/mol. The minimum atomic E-state index is -0.547. The van der Waals surface area contributed by atoms with Gasteiger partial charge in [-0.3, -0.25) is 4.79 Å². The Kier molecular flexibility index (Phi) is 5.77. The molecule has 0 saturated heterocycles. The van der Waals surface area contributed by atoms with E-state index in [1.807, 2.05) is 42.5 Å². The minimum Gasteiger partial charge on any atom is -0.369 e. The molecule has 0 radical (unpaired) electrons. The first kappa shape index (κ1) is 14.4. The summed E-state index contributed by atoms with van der Waals surface area (Å²) in [5, 5.41) is 8.90. The van der Waals surface area contributed by atoms with Gasteiger partial charge in [0, 0.05) is 14.1 Å². The van der Waals surface area contributed by atoms with Gasteiger partial charge in [0.25, 0.3) is 5.91 Å². The molecule has 0 aromatic heterocycles. The Morgan fingerprint density at radius 2 is 2.00 bits per heavy atom. The van der Waals surface area contributed by atoms with Crippen molar-refractivity contribution in [2.45, 2.75) is 0 Å². The number of nitrogens with zero attached hydrogens (tertiary/aromatic N) is 3. The molecule has 0 fully saturated rings. The van der Waals surface area contributed by atoms with E-state index < -0.39 is 5.91 Å². The maximum Gasteiger partial charge on any atom is 0.289 e. The van der Waals surface area contributed by atoms with Gasteiger partial charge >= 0.3 is 0 Å². The highest BCUT2D eigenvalue weighted by molar-refractivity contribution is 6.01. The minimum absolute atomic E-state index is 0.00489. The second-order valence-electron chi connectivity index (χ2n) is 3.98. The van der Waals surface area contributed by atoms with Crippen LogP contribution in [0.15, 0.2) is 53.0 Å². The van der Waals surface area contributed by atoms with E-state index in [0.29, 0.717) is 0 Å². The van der Waals surface area contributed by atoms with Gasteiger partial charge in [-0.05, 0) is 11.6 Å². The van der Waals surface area contributed by atoms with Crippen LogP contribution in [0, 0.1) is 11.3 Å². The summed E-state index contributed by atoms with van der Waals surface area (Å²) in [5.41, 5.74) is 1.01. The first-order valence-electron chi connectivity index (χ1n) is 5.72. The summed E-state index contributed by atoms with van der Waals surface area (Å²) >= 11 is 0. The summed E-state index contributed by atoms with van der Waals surface area (Å²) in [6.07, 6.45) is 6.31. The Bertz CT molecular complexity index is 549. The number of allylic oxidation sites excluding steroid dienone is 2. The van der Waals surface area contributed by atoms with Crippen molar-refractivity contribution < 1.29 is 4.79 Å². The lowest BCUT2D eigenvalue weighted by Crippen LogP contribution is -2.10. The van der Waals surface area contributed by atoms with E-state index in [4.69, 9.17) is 5.26 Å². The van der Waals surface area contributed by atoms with Crippen molar-refractivity contribution in [1.29, 1.82) is 5.26 Å². The van der Waals surface area contributed by atoms with E-state index in [2.05, 4.69) is 4.99 Å². The molecule has 0 N–H and O–H groups in total. The van der Waals surface area contributed by atoms with Crippen LogP contribution in [0.25, 0.3) is 6.08 Å². The molecule has 0 saturated carbocycles. The van der Waals surface area contributed by atoms with Crippen molar-refractivity contribution in [2.75, 3.05) is 14.1 Å². The van der Waals surface area contributed by atoms with Crippen LogP contribution >= 0.6 is 0 Å². The summed E-state index contributed by atoms with van der Waals surface area (Å²) in [5.74, 6) is -0.547. The molecule has 1 aromatic rings. The third-order valence-corrected chi connectivity index (χ3v) is 2.11. The molecule has 0 atom stereocenters. The zero-order chi connectivity index (χ0) is 14.1. The molecule has 0 unspecified atom stereocenters. The molecular weight excluding hydrogens is 238 g/mol. The van der Waals surface area contributed by atoms with Gasteiger partial charge < -0.3 is 4.90 Å². The molecule has 0 bridgehead atoms. The van der Waals surface area contributed by atoms with Gasteiger partial charge in [0.15, 0.2) is 0 Å². The Balaban J connectivity index is 2.76. The van der Waals surface area contributed by atoms with Crippen molar-refractivity contribution in [3.63, 3.8) is 0 Å². The fraction of sp³-hybridized carbons (Fsp3) is 0.133. The van der Waals surface area contributed by atoms with E-state index in [1.165, 1.54) is 12.4 Å². The van der Waals surface area contributed by atoms with Crippen LogP contribution in [-0.2, 0) is 4.79 Å². The molecule has 0 aliphatic carbocycles. The molecule has 1 amide bonds. The maximum atomic E-state index is 11.6. The van der Waals surface area contributed by atoms with Gasteiger partial charge in [0.05, 0.1) is 6.34 Å². The van der Waals surface area contributed by atoms with E-state index in [0.717, 1.165) is 5.56 Å². The average Bonchev–Trinajstić information content (AvgIpc) is 2.42. The molecule has 96 valence electrons. The number of carbonyl (C=O) groups is 1. The topological polar surface area (TPSA) is 56.5 Å². The Hall–Kier alpha value is -2.67. The van der Waals surface area contributed by atoms with Crippen molar-refractivity contribution >= 4 is 18.3 Å². The van der Waals surface area contributed by atoms with Crippen molar-refractivity contribution in [3.8, 4) is 6.07 Å². The second-order valence-corrected chi connectivity index (χ2v) is 3.98. The highest BCUT2D eigenvalue weighted by Gasteiger charge is 2.04. The van der Waals surface area contributed by atoms with Crippen LogP contribution in [0.5, 0.6) is 0 Å². The van der Waals surface area contributed by atoms with Gasteiger partial charge in [0.2, 0.25) is 0 Å². The summed E-state index contributed by atoms with van der Waals surface area (Å²) in [4.78, 5) is 16.9. The zero-order valence-electron chi connectivity index (χ0n) is 10.9. The predicted molar refractivity (Wildman–Crippen MR) is 76.4 cm³/mol. The van der Waals surface area contributed by atoms with Crippen LogP contribution in [-0.4, -0.2) is 31.2 Å². The third-order valence-electron chi connectivity index (χ3n) is 2.11. The number of benzene rings is 1. The molecule has 0 heterocycles. The number of aliphatic imine (C=N–C) groups is 1. The zero-order valence-corrected chi connectivity index (χ0v) is 10.9. The second kappa shape index (κ2) is 7.62. The summed E-state index contributed by atoms with van der Waals surface area (Å²) < 4.78 is 0. The number of nitriles is 1. The summed E-state index contributed by atoms with van der Waals surface area (Å²) in [7, 11) is 3.50. The maximum absolute atomic E-state index is 11.6. The highest BCUT2D eigenvalue weighted by Crippen LogP contribution is 2.03. The van der Waals surface area contributed by atoms with Gasteiger partial charge in [-0.1, -0.05) is 42.5 Å². The van der Waals surface area contributed by atoms with Crippen LogP contribution in [0.3, 0.4) is 0 Å². The first-order valence-corrected chi connectivity index (χ1v) is 5.72. The van der Waals surface area contributed by atoms with Crippen molar-refractivity contribution in [3.05, 3.63) is 53.6 Å². The molecule has 0 aliphatic heterocycles. The molecule has 0 aliphatic rings. The van der Waals surface area contributed by atoms with Crippen LogP contribution in [0.4, 0.5) is 0 Å². The number of hydrogen-bond donors (Lipinski definition) is 0. The lowest BCUT2D eigenvalue weighted by atomic mass is 10.2. The van der Waals surface area contributed by atoms with Crippen LogP contribution in [0.1, 0.15) is 5.56 Å². The molecule has 0 spiro atoms. The Morgan fingerprint density at radius 3 is 2.58 bits per heavy atom. The van der Waals surface area contributed by atoms with E-state index in [9.17, 15) is 4.79 Å². The number of carbonyl (C=O) groups excluding carboxylic acids is 1. The Morgan fingerprint density at radius 1 is 1.32 bits per heavy atom. The SMILES string of the molecule is CN(C)C=NC(=O)/C(C#N)=C\C=C\c1ccccc1. The lowest BCUT2D eigenvalue weighted by Gasteiger charge is -2.00. The predicted octanol–water partition coefficient (Wildman–Crippen LogP) is 2.27. The van der Waals surface area contributed by atoms with Gasteiger partial charge in [0.1, 0.15) is 11.6 Å². The lowest BCUT2D eigenvalue weighted by molar-refractivity contribution is -0.114. The van der Waals surface area contributed by atoms with Gasteiger partial charge in [-0.25, -0.2) is 0 Å². The quantitative estimate of drug-likeness (QED) is 0.272. The molecule has 4 heteroatoms. The first-order chi connectivity index (χ1) is 9.13. The largest absolute Gasteiger partial charge is 0.369 e. The van der Waals surface area contributed by atoms with Gasteiger partial charge in [-0.2, -0.15) is 10.3 Å². The van der Waals surface area contributed by atoms with E-state index in [-0.39, 0.29) is 5.57 Å². The normalized spacial score (nSPS) is 11.7.